The standard InChI is InChI=1S/C24H24ClN3O8/c25-24(28-12-11-18(30)27-20(28)32)22(33,19(31)17-9-5-2-6-10-17)23(34,21(14-26,15-29)36-24)35-13-16-7-3-1-4-8-16/h1-12,29,33-34H,13-15,26H2,(H,27,30,32)/t21-,22-,23+,24+/m1/s1. The SMILES string of the molecule is NC[C@]1(CO)O[C@@](Cl)(n2ccc(=O)[nH]c2=O)[C@@](O)(C(=O)c2ccccc2)[C@@]1(O)OCc1ccccc1. The molecule has 0 unspecified atom stereocenters. The second-order valence-corrected chi connectivity index (χ2v) is 8.84. The molecule has 1 aliphatic heterocycles. The number of carbonyl (C=O) groups excluding carboxylic acids is 1. The van der Waals surface area contributed by atoms with Crippen molar-refractivity contribution in [1.82, 2.24) is 9.55 Å². The highest BCUT2D eigenvalue weighted by Gasteiger charge is 2.84. The number of aromatic nitrogens is 2. The van der Waals surface area contributed by atoms with E-state index in [2.05, 4.69) is 0 Å². The van der Waals surface area contributed by atoms with E-state index in [0.717, 1.165) is 12.3 Å². The molecule has 36 heavy (non-hydrogen) atoms. The van der Waals surface area contributed by atoms with Crippen LogP contribution in [0.5, 0.6) is 0 Å². The van der Waals surface area contributed by atoms with Crippen molar-refractivity contribution in [3.05, 3.63) is 105 Å². The number of nitrogens with zero attached hydrogens (tertiary/aromatic N) is 1. The summed E-state index contributed by atoms with van der Waals surface area (Å²) in [7, 11) is 0. The quantitative estimate of drug-likeness (QED) is 0.151. The second kappa shape index (κ2) is 9.37. The molecule has 1 aliphatic rings. The molecule has 0 bridgehead atoms. The van der Waals surface area contributed by atoms with Crippen LogP contribution >= 0.6 is 11.6 Å². The molecule has 4 atom stereocenters. The van der Waals surface area contributed by atoms with Gasteiger partial charge in [-0.15, -0.1) is 0 Å². The average molecular weight is 518 g/mol. The Hall–Kier alpha value is -3.16. The first-order valence-corrected chi connectivity index (χ1v) is 11.2. The molecular formula is C24H24ClN3O8. The summed E-state index contributed by atoms with van der Waals surface area (Å²) in [6.07, 6.45) is 0.874. The highest BCUT2D eigenvalue weighted by molar-refractivity contribution is 6.25. The predicted octanol–water partition coefficient (Wildman–Crippen LogP) is -0.375. The van der Waals surface area contributed by atoms with Gasteiger partial charge in [0, 0.05) is 24.4 Å². The van der Waals surface area contributed by atoms with E-state index in [9.17, 15) is 29.7 Å². The number of nitrogens with one attached hydrogen (secondary N) is 1. The van der Waals surface area contributed by atoms with E-state index in [1.165, 1.54) is 24.3 Å². The van der Waals surface area contributed by atoms with Crippen LogP contribution in [0.25, 0.3) is 0 Å². The molecule has 0 aliphatic carbocycles. The minimum Gasteiger partial charge on any atom is -0.393 e. The van der Waals surface area contributed by atoms with Crippen molar-refractivity contribution in [3.8, 4) is 0 Å². The summed E-state index contributed by atoms with van der Waals surface area (Å²) in [5.41, 5.74) is -1.37. The molecule has 190 valence electrons. The number of ether oxygens (including phenoxy) is 2. The normalized spacial score (nSPS) is 29.8. The number of halogens is 1. The van der Waals surface area contributed by atoms with Gasteiger partial charge in [-0.25, -0.2) is 4.79 Å². The molecular weight excluding hydrogens is 494 g/mol. The Morgan fingerprint density at radius 3 is 2.22 bits per heavy atom. The van der Waals surface area contributed by atoms with Crippen molar-refractivity contribution < 1.29 is 29.6 Å². The van der Waals surface area contributed by atoms with Crippen LogP contribution in [0.4, 0.5) is 0 Å². The lowest BCUT2D eigenvalue weighted by atomic mass is 9.77. The van der Waals surface area contributed by atoms with Gasteiger partial charge in [0.2, 0.25) is 17.2 Å². The lowest BCUT2D eigenvalue weighted by Crippen LogP contribution is -2.73. The zero-order valence-electron chi connectivity index (χ0n) is 18.8. The Kier molecular flexibility index (Phi) is 6.75. The van der Waals surface area contributed by atoms with Crippen LogP contribution in [-0.2, 0) is 21.3 Å². The number of hydrogen-bond donors (Lipinski definition) is 5. The molecule has 2 aromatic carbocycles. The van der Waals surface area contributed by atoms with Crippen molar-refractivity contribution >= 4 is 17.4 Å². The van der Waals surface area contributed by atoms with Gasteiger partial charge in [0.25, 0.3) is 10.7 Å². The fourth-order valence-electron chi connectivity index (χ4n) is 4.28. The Morgan fingerprint density at radius 1 is 1.06 bits per heavy atom. The second-order valence-electron chi connectivity index (χ2n) is 8.32. The lowest BCUT2D eigenvalue weighted by Gasteiger charge is -2.44. The van der Waals surface area contributed by atoms with Crippen molar-refractivity contribution in [2.75, 3.05) is 13.2 Å². The number of nitrogens with two attached hydrogens (primary N) is 1. The van der Waals surface area contributed by atoms with Crippen LogP contribution < -0.4 is 17.0 Å². The van der Waals surface area contributed by atoms with E-state index < -0.39 is 52.4 Å². The number of rotatable bonds is 8. The smallest absolute Gasteiger partial charge is 0.331 e. The van der Waals surface area contributed by atoms with Gasteiger partial charge in [-0.2, -0.15) is 0 Å². The maximum atomic E-state index is 13.9. The first-order chi connectivity index (χ1) is 17.1. The first-order valence-electron chi connectivity index (χ1n) is 10.8. The number of ketones is 1. The van der Waals surface area contributed by atoms with Crippen LogP contribution in [-0.4, -0.2) is 60.8 Å². The van der Waals surface area contributed by atoms with Gasteiger partial charge in [-0.1, -0.05) is 72.3 Å². The van der Waals surface area contributed by atoms with Gasteiger partial charge in [0.05, 0.1) is 13.2 Å². The molecule has 1 aromatic heterocycles. The summed E-state index contributed by atoms with van der Waals surface area (Å²) in [6, 6.07) is 16.6. The van der Waals surface area contributed by atoms with Gasteiger partial charge in [-0.3, -0.25) is 19.1 Å². The van der Waals surface area contributed by atoms with E-state index in [4.69, 9.17) is 26.8 Å². The van der Waals surface area contributed by atoms with E-state index in [0.29, 0.717) is 10.1 Å². The Balaban J connectivity index is 2.00. The van der Waals surface area contributed by atoms with Gasteiger partial charge in [-0.05, 0) is 5.56 Å². The summed E-state index contributed by atoms with van der Waals surface area (Å²) >= 11 is 6.75. The minimum absolute atomic E-state index is 0.126. The number of aromatic amines is 1. The topological polar surface area (TPSA) is 177 Å². The van der Waals surface area contributed by atoms with E-state index >= 15 is 0 Å². The largest absolute Gasteiger partial charge is 0.393 e. The zero-order valence-corrected chi connectivity index (χ0v) is 19.6. The van der Waals surface area contributed by atoms with Crippen molar-refractivity contribution in [2.45, 2.75) is 28.8 Å². The van der Waals surface area contributed by atoms with Crippen LogP contribution in [0.3, 0.4) is 0 Å². The van der Waals surface area contributed by atoms with Crippen molar-refractivity contribution in [3.63, 3.8) is 0 Å². The van der Waals surface area contributed by atoms with Gasteiger partial charge < -0.3 is 30.5 Å². The number of hydrogen-bond acceptors (Lipinski definition) is 9. The first kappa shape index (κ1) is 25.9. The number of Topliss-reactive ketones (excluding diaryl/α,β-unsaturated/α-hetero) is 1. The van der Waals surface area contributed by atoms with Crippen molar-refractivity contribution in [2.24, 2.45) is 5.73 Å². The molecule has 0 radical (unpaired) electrons. The van der Waals surface area contributed by atoms with Gasteiger partial charge in [0.1, 0.15) is 0 Å². The lowest BCUT2D eigenvalue weighted by molar-refractivity contribution is -0.318. The van der Waals surface area contributed by atoms with Crippen LogP contribution in [0.1, 0.15) is 15.9 Å². The summed E-state index contributed by atoms with van der Waals surface area (Å²) in [5.74, 6) is -4.31. The van der Waals surface area contributed by atoms with Crippen LogP contribution in [0, 0.1) is 0 Å². The molecule has 11 nitrogen and oxygen atoms in total. The number of H-pyrrole nitrogens is 1. The van der Waals surface area contributed by atoms with Gasteiger partial charge >= 0.3 is 5.69 Å². The summed E-state index contributed by atoms with van der Waals surface area (Å²) in [6.45, 7) is -2.15. The number of carbonyl (C=O) groups is 1. The van der Waals surface area contributed by atoms with Crippen LogP contribution in [0.15, 0.2) is 82.5 Å². The third kappa shape index (κ3) is 3.64. The Morgan fingerprint density at radius 2 is 1.67 bits per heavy atom. The van der Waals surface area contributed by atoms with E-state index in [1.807, 2.05) is 4.98 Å². The highest BCUT2D eigenvalue weighted by Crippen LogP contribution is 2.58. The van der Waals surface area contributed by atoms with E-state index in [1.54, 1.807) is 36.4 Å². The number of aliphatic hydroxyl groups excluding tert-OH is 1. The fourth-order valence-corrected chi connectivity index (χ4v) is 4.78. The third-order valence-corrected chi connectivity index (χ3v) is 6.79. The number of aliphatic hydroxyl groups is 3. The number of benzene rings is 2. The molecule has 4 rings (SSSR count). The molecule has 0 saturated carbocycles. The average Bonchev–Trinajstić information content (AvgIpc) is 3.05. The molecule has 6 N–H and O–H groups in total. The van der Waals surface area contributed by atoms with Crippen LogP contribution in [0.2, 0.25) is 0 Å². The summed E-state index contributed by atoms with van der Waals surface area (Å²) in [5, 5.41) is 31.6. The minimum atomic E-state index is -3.29. The molecule has 3 aromatic rings. The predicted molar refractivity (Wildman–Crippen MR) is 127 cm³/mol. The molecule has 12 heteroatoms. The Bertz CT molecular complexity index is 1360. The summed E-state index contributed by atoms with van der Waals surface area (Å²) in [4.78, 5) is 40.3. The van der Waals surface area contributed by atoms with Crippen molar-refractivity contribution in [1.29, 1.82) is 0 Å². The maximum Gasteiger partial charge on any atom is 0.331 e. The third-order valence-electron chi connectivity index (χ3n) is 6.26. The zero-order chi connectivity index (χ0) is 26.2. The summed E-state index contributed by atoms with van der Waals surface area (Å²) < 4.78 is 12.1. The fraction of sp³-hybridized carbons (Fsp3) is 0.292. The Labute approximate surface area is 209 Å². The molecule has 0 amide bonds. The van der Waals surface area contributed by atoms with E-state index in [-0.39, 0.29) is 12.2 Å². The number of alkyl halides is 1. The monoisotopic (exact) mass is 517 g/mol. The molecule has 0 spiro atoms. The van der Waals surface area contributed by atoms with Gasteiger partial charge in [0.15, 0.2) is 5.60 Å². The highest BCUT2D eigenvalue weighted by atomic mass is 35.5. The molecule has 2 heterocycles. The molecule has 1 fully saturated rings. The maximum absolute atomic E-state index is 13.9. The molecule has 1 saturated heterocycles.